The number of aliphatic carboxylic acids is 2. The number of nitrogens with zero attached hydrogens (tertiary/aromatic N) is 4. The van der Waals surface area contributed by atoms with E-state index < -0.39 is 18.0 Å². The van der Waals surface area contributed by atoms with Gasteiger partial charge in [0.15, 0.2) is 0 Å². The maximum Gasteiger partial charge on any atom is 0.414 e. The Balaban J connectivity index is 0.000000523. The first-order valence-corrected chi connectivity index (χ1v) is 14.0. The second-order valence-electron chi connectivity index (χ2n) is 10.3. The van der Waals surface area contributed by atoms with E-state index in [9.17, 15) is 5.11 Å². The summed E-state index contributed by atoms with van der Waals surface area (Å²) in [6.07, 6.45) is -0.680. The van der Waals surface area contributed by atoms with E-state index in [-0.39, 0.29) is 0 Å². The highest BCUT2D eigenvalue weighted by Crippen LogP contribution is 2.43. The number of carboxylic acids is 2. The molecule has 7 rings (SSSR count). The standard InChI is InChI=1S/C33H26N4O.C2H2O4/c38-26(22-37-30-18-10-9-17-29(30)34-35-37)21-36-32(25-14-5-2-6-15-25)31(24-12-3-1-4-13-24)28-20-19-23-11-7-8-16-27(23)33(28)36;3-1(4)2(5)6/h1-20,26,38H,21-22H2;(H,3,4)(H,5,6). The normalized spacial score (nSPS) is 11.8. The number of rotatable bonds is 6. The van der Waals surface area contributed by atoms with Crippen LogP contribution in [0.25, 0.3) is 55.1 Å². The van der Waals surface area contributed by atoms with Crippen LogP contribution in [-0.2, 0) is 22.7 Å². The summed E-state index contributed by atoms with van der Waals surface area (Å²) in [6, 6.07) is 41.8. The molecular formula is C35H28N4O5. The SMILES string of the molecule is O=C(O)C(=O)O.OC(Cn1nnc2ccccc21)Cn1c(-c2ccccc2)c(-c2ccccc2)c2ccc3ccccc3c21. The van der Waals surface area contributed by atoms with Gasteiger partial charge in [0.1, 0.15) is 5.52 Å². The highest BCUT2D eigenvalue weighted by Gasteiger charge is 2.23. The molecule has 0 saturated carbocycles. The van der Waals surface area contributed by atoms with Crippen LogP contribution in [0.15, 0.2) is 121 Å². The van der Waals surface area contributed by atoms with E-state index in [0.29, 0.717) is 13.1 Å². The molecule has 0 aliphatic carbocycles. The van der Waals surface area contributed by atoms with Crippen LogP contribution < -0.4 is 0 Å². The molecule has 0 saturated heterocycles. The number of aliphatic hydroxyl groups is 1. The van der Waals surface area contributed by atoms with Crippen molar-refractivity contribution in [1.82, 2.24) is 19.6 Å². The van der Waals surface area contributed by atoms with Crippen molar-refractivity contribution in [3.63, 3.8) is 0 Å². The second kappa shape index (κ2) is 12.2. The number of carbonyl (C=O) groups is 2. The number of fused-ring (bicyclic) bond motifs is 4. The number of hydrogen-bond donors (Lipinski definition) is 3. The van der Waals surface area contributed by atoms with Crippen molar-refractivity contribution < 1.29 is 24.9 Å². The lowest BCUT2D eigenvalue weighted by molar-refractivity contribution is -0.159. The fraction of sp³-hybridized carbons (Fsp3) is 0.0857. The molecule has 0 amide bonds. The molecule has 7 aromatic rings. The molecule has 2 aromatic heterocycles. The van der Waals surface area contributed by atoms with E-state index in [2.05, 4.69) is 99.8 Å². The second-order valence-corrected chi connectivity index (χ2v) is 10.3. The molecule has 0 radical (unpaired) electrons. The van der Waals surface area contributed by atoms with Crippen LogP contribution in [0.4, 0.5) is 0 Å². The van der Waals surface area contributed by atoms with E-state index in [4.69, 9.17) is 19.8 Å². The average Bonchev–Trinajstić information content (AvgIpc) is 3.61. The van der Waals surface area contributed by atoms with Gasteiger partial charge in [-0.1, -0.05) is 114 Å². The van der Waals surface area contributed by atoms with E-state index in [1.165, 1.54) is 21.7 Å². The molecule has 0 fully saturated rings. The average molecular weight is 585 g/mol. The fourth-order valence-electron chi connectivity index (χ4n) is 5.62. The summed E-state index contributed by atoms with van der Waals surface area (Å²) in [6.45, 7) is 0.760. The molecule has 0 spiro atoms. The van der Waals surface area contributed by atoms with Gasteiger partial charge in [0.05, 0.1) is 35.9 Å². The van der Waals surface area contributed by atoms with Crippen LogP contribution in [-0.4, -0.2) is 52.9 Å². The van der Waals surface area contributed by atoms with Gasteiger partial charge in [0.2, 0.25) is 0 Å². The van der Waals surface area contributed by atoms with Crippen LogP contribution in [0.5, 0.6) is 0 Å². The summed E-state index contributed by atoms with van der Waals surface area (Å²) in [4.78, 5) is 18.2. The number of hydrogen-bond acceptors (Lipinski definition) is 5. The Hall–Kier alpha value is -5.80. The Morgan fingerprint density at radius 3 is 1.98 bits per heavy atom. The minimum atomic E-state index is -1.82. The molecule has 1 atom stereocenters. The van der Waals surface area contributed by atoms with E-state index >= 15 is 0 Å². The Bertz CT molecular complexity index is 2090. The Labute approximate surface area is 251 Å². The zero-order chi connectivity index (χ0) is 30.6. The summed E-state index contributed by atoms with van der Waals surface area (Å²) in [5.41, 5.74) is 7.42. The summed E-state index contributed by atoms with van der Waals surface area (Å²) in [7, 11) is 0. The molecule has 2 heterocycles. The number of aromatic nitrogens is 4. The molecule has 0 aliphatic rings. The van der Waals surface area contributed by atoms with Gasteiger partial charge in [0, 0.05) is 16.3 Å². The van der Waals surface area contributed by atoms with Crippen molar-refractivity contribution >= 4 is 44.6 Å². The maximum absolute atomic E-state index is 11.5. The lowest BCUT2D eigenvalue weighted by Crippen LogP contribution is -2.23. The Morgan fingerprint density at radius 2 is 1.27 bits per heavy atom. The van der Waals surface area contributed by atoms with Crippen molar-refractivity contribution in [1.29, 1.82) is 0 Å². The van der Waals surface area contributed by atoms with Crippen molar-refractivity contribution in [3.05, 3.63) is 121 Å². The molecule has 0 bridgehead atoms. The predicted molar refractivity (Wildman–Crippen MR) is 169 cm³/mol. The first-order valence-electron chi connectivity index (χ1n) is 14.0. The number of benzene rings is 5. The zero-order valence-electron chi connectivity index (χ0n) is 23.5. The van der Waals surface area contributed by atoms with Crippen LogP contribution in [0.1, 0.15) is 0 Å². The summed E-state index contributed by atoms with van der Waals surface area (Å²) in [5.74, 6) is -3.65. The minimum Gasteiger partial charge on any atom is -0.473 e. The topological polar surface area (TPSA) is 130 Å². The van der Waals surface area contributed by atoms with Gasteiger partial charge >= 0.3 is 11.9 Å². The maximum atomic E-state index is 11.5. The largest absolute Gasteiger partial charge is 0.473 e. The van der Waals surface area contributed by atoms with Gasteiger partial charge in [-0.2, -0.15) is 0 Å². The fourth-order valence-corrected chi connectivity index (χ4v) is 5.62. The third kappa shape index (κ3) is 5.51. The molecule has 44 heavy (non-hydrogen) atoms. The first kappa shape index (κ1) is 28.3. The Morgan fingerprint density at radius 1 is 0.659 bits per heavy atom. The van der Waals surface area contributed by atoms with Gasteiger partial charge in [-0.05, 0) is 28.6 Å². The lowest BCUT2D eigenvalue weighted by Gasteiger charge is -2.18. The Kier molecular flexibility index (Phi) is 7.86. The first-order chi connectivity index (χ1) is 21.4. The van der Waals surface area contributed by atoms with E-state index in [0.717, 1.165) is 33.4 Å². The van der Waals surface area contributed by atoms with E-state index in [1.54, 1.807) is 4.68 Å². The summed E-state index contributed by atoms with van der Waals surface area (Å²) < 4.78 is 4.10. The monoisotopic (exact) mass is 584 g/mol. The van der Waals surface area contributed by atoms with Crippen LogP contribution in [0, 0.1) is 0 Å². The lowest BCUT2D eigenvalue weighted by atomic mass is 9.97. The molecule has 1 unspecified atom stereocenters. The molecule has 9 heteroatoms. The number of aliphatic hydroxyl groups excluding tert-OH is 1. The van der Waals surface area contributed by atoms with Crippen molar-refractivity contribution in [3.8, 4) is 22.4 Å². The van der Waals surface area contributed by atoms with Crippen LogP contribution >= 0.6 is 0 Å². The molecule has 9 nitrogen and oxygen atoms in total. The highest BCUT2D eigenvalue weighted by atomic mass is 16.4. The third-order valence-electron chi connectivity index (χ3n) is 7.44. The van der Waals surface area contributed by atoms with Crippen molar-refractivity contribution in [2.24, 2.45) is 0 Å². The van der Waals surface area contributed by atoms with Gasteiger partial charge in [0.25, 0.3) is 0 Å². The van der Waals surface area contributed by atoms with Crippen molar-refractivity contribution in [2.45, 2.75) is 19.2 Å². The smallest absolute Gasteiger partial charge is 0.414 e. The minimum absolute atomic E-state index is 0.347. The number of para-hydroxylation sites is 1. The third-order valence-corrected chi connectivity index (χ3v) is 7.44. The summed E-state index contributed by atoms with van der Waals surface area (Å²) in [5, 5.41) is 38.4. The van der Waals surface area contributed by atoms with Crippen LogP contribution in [0.3, 0.4) is 0 Å². The highest BCUT2D eigenvalue weighted by molar-refractivity contribution is 6.27. The van der Waals surface area contributed by atoms with Gasteiger partial charge in [-0.25, -0.2) is 14.3 Å². The van der Waals surface area contributed by atoms with Crippen LogP contribution in [0.2, 0.25) is 0 Å². The predicted octanol–water partition coefficient (Wildman–Crippen LogP) is 6.09. The van der Waals surface area contributed by atoms with Gasteiger partial charge < -0.3 is 19.9 Å². The van der Waals surface area contributed by atoms with Gasteiger partial charge in [-0.3, -0.25) is 0 Å². The molecular weight excluding hydrogens is 556 g/mol. The molecule has 0 aliphatic heterocycles. The van der Waals surface area contributed by atoms with Crippen molar-refractivity contribution in [2.75, 3.05) is 0 Å². The van der Waals surface area contributed by atoms with Gasteiger partial charge in [-0.15, -0.1) is 5.10 Å². The quantitative estimate of drug-likeness (QED) is 0.202. The number of carboxylic acid groups (broad SMARTS) is 2. The molecule has 5 aromatic carbocycles. The van der Waals surface area contributed by atoms with E-state index in [1.807, 2.05) is 36.4 Å². The molecule has 218 valence electrons. The zero-order valence-corrected chi connectivity index (χ0v) is 23.5. The summed E-state index contributed by atoms with van der Waals surface area (Å²) >= 11 is 0. The molecule has 3 N–H and O–H groups in total.